The minimum Gasteiger partial charge on any atom is -0.384 e. The zero-order chi connectivity index (χ0) is 11.2. The Bertz CT molecular complexity index is 377. The number of nitrogens with one attached hydrogen (secondary N) is 1. The van der Waals surface area contributed by atoms with Crippen LogP contribution in [-0.2, 0) is 0 Å². The molecule has 2 heterocycles. The molecule has 0 saturated carbocycles. The van der Waals surface area contributed by atoms with E-state index in [-0.39, 0.29) is 0 Å². The van der Waals surface area contributed by atoms with Crippen molar-refractivity contribution in [1.29, 1.82) is 5.26 Å². The van der Waals surface area contributed by atoms with Crippen LogP contribution in [-0.4, -0.2) is 36.1 Å². The van der Waals surface area contributed by atoms with Gasteiger partial charge in [-0.1, -0.05) is 0 Å². The summed E-state index contributed by atoms with van der Waals surface area (Å²) in [6, 6.07) is 5.71. The van der Waals surface area contributed by atoms with Crippen molar-refractivity contribution in [3.63, 3.8) is 0 Å². The van der Waals surface area contributed by atoms with Gasteiger partial charge in [0.2, 0.25) is 0 Å². The van der Waals surface area contributed by atoms with Gasteiger partial charge in [0.05, 0.1) is 0 Å². The van der Waals surface area contributed by atoms with Crippen LogP contribution in [0.15, 0.2) is 18.3 Å². The minimum absolute atomic E-state index is 0.464. The van der Waals surface area contributed by atoms with Crippen LogP contribution < -0.4 is 5.32 Å². The van der Waals surface area contributed by atoms with E-state index < -0.39 is 0 Å². The van der Waals surface area contributed by atoms with Gasteiger partial charge in [0.25, 0.3) is 0 Å². The second kappa shape index (κ2) is 5.47. The molecule has 1 fully saturated rings. The summed E-state index contributed by atoms with van der Waals surface area (Å²) in [5.41, 5.74) is 1.44. The summed E-state index contributed by atoms with van der Waals surface area (Å²) in [6.07, 6.45) is 4.32. The molecule has 0 atom stereocenters. The summed E-state index contributed by atoms with van der Waals surface area (Å²) >= 11 is 0. The molecule has 0 spiro atoms. The molecule has 1 aliphatic heterocycles. The number of hydrogen-bond donors (Lipinski definition) is 1. The van der Waals surface area contributed by atoms with Gasteiger partial charge in [0.1, 0.15) is 11.8 Å². The first-order chi connectivity index (χ1) is 7.88. The lowest BCUT2D eigenvalue weighted by Crippen LogP contribution is -2.25. The number of nitrogens with zero attached hydrogens (tertiary/aromatic N) is 3. The number of aromatic nitrogens is 1. The monoisotopic (exact) mass is 216 g/mol. The molecule has 4 nitrogen and oxygen atoms in total. The summed E-state index contributed by atoms with van der Waals surface area (Å²) in [7, 11) is 0. The number of nitriles is 1. The molecule has 0 radical (unpaired) electrons. The van der Waals surface area contributed by atoms with E-state index in [1.54, 1.807) is 12.3 Å². The molecule has 0 bridgehead atoms. The first-order valence-corrected chi connectivity index (χ1v) is 5.71. The van der Waals surface area contributed by atoms with Crippen molar-refractivity contribution in [2.24, 2.45) is 0 Å². The van der Waals surface area contributed by atoms with Crippen molar-refractivity contribution >= 4 is 5.69 Å². The van der Waals surface area contributed by atoms with E-state index in [9.17, 15) is 0 Å². The van der Waals surface area contributed by atoms with Crippen LogP contribution in [0.4, 0.5) is 5.69 Å². The van der Waals surface area contributed by atoms with E-state index in [4.69, 9.17) is 5.26 Å². The first-order valence-electron chi connectivity index (χ1n) is 5.71. The Morgan fingerprint density at radius 2 is 2.25 bits per heavy atom. The number of rotatable bonds is 4. The lowest BCUT2D eigenvalue weighted by atomic mass is 10.3. The highest BCUT2D eigenvalue weighted by Gasteiger charge is 2.09. The number of anilines is 1. The van der Waals surface area contributed by atoms with Crippen LogP contribution in [0.25, 0.3) is 0 Å². The van der Waals surface area contributed by atoms with Crippen molar-refractivity contribution in [2.45, 2.75) is 12.8 Å². The summed E-state index contributed by atoms with van der Waals surface area (Å²) < 4.78 is 0. The summed E-state index contributed by atoms with van der Waals surface area (Å²) in [5.74, 6) is 0. The minimum atomic E-state index is 0.464. The van der Waals surface area contributed by atoms with Gasteiger partial charge in [-0.15, -0.1) is 0 Å². The fraction of sp³-hybridized carbons (Fsp3) is 0.500. The highest BCUT2D eigenvalue weighted by Crippen LogP contribution is 2.08. The molecule has 0 aliphatic carbocycles. The lowest BCUT2D eigenvalue weighted by molar-refractivity contribution is 0.352. The highest BCUT2D eigenvalue weighted by atomic mass is 15.1. The fourth-order valence-corrected chi connectivity index (χ4v) is 1.97. The molecule has 1 N–H and O–H groups in total. The maximum Gasteiger partial charge on any atom is 0.142 e. The van der Waals surface area contributed by atoms with Gasteiger partial charge < -0.3 is 10.2 Å². The topological polar surface area (TPSA) is 52.0 Å². The molecular weight excluding hydrogens is 200 g/mol. The van der Waals surface area contributed by atoms with Gasteiger partial charge in [-0.25, -0.2) is 4.98 Å². The van der Waals surface area contributed by atoms with Crippen LogP contribution in [0.1, 0.15) is 18.5 Å². The van der Waals surface area contributed by atoms with E-state index >= 15 is 0 Å². The molecule has 1 aliphatic rings. The van der Waals surface area contributed by atoms with Gasteiger partial charge in [-0.3, -0.25) is 0 Å². The Hall–Kier alpha value is -1.60. The maximum atomic E-state index is 8.71. The van der Waals surface area contributed by atoms with Crippen molar-refractivity contribution in [1.82, 2.24) is 9.88 Å². The normalized spacial score (nSPS) is 15.9. The molecule has 1 saturated heterocycles. The Kier molecular flexibility index (Phi) is 3.73. The third-order valence-electron chi connectivity index (χ3n) is 2.83. The van der Waals surface area contributed by atoms with Crippen molar-refractivity contribution in [3.8, 4) is 6.07 Å². The third-order valence-corrected chi connectivity index (χ3v) is 2.83. The maximum absolute atomic E-state index is 8.71. The van der Waals surface area contributed by atoms with E-state index in [1.165, 1.54) is 25.9 Å². The molecular formula is C12H16N4. The van der Waals surface area contributed by atoms with Gasteiger partial charge in [-0.05, 0) is 38.1 Å². The largest absolute Gasteiger partial charge is 0.384 e. The molecule has 84 valence electrons. The van der Waals surface area contributed by atoms with Crippen LogP contribution in [0, 0.1) is 11.3 Å². The SMILES string of the molecule is N#Cc1cc(NCCN2CCCC2)ccn1. The van der Waals surface area contributed by atoms with Crippen LogP contribution in [0.2, 0.25) is 0 Å². The molecule has 16 heavy (non-hydrogen) atoms. The predicted molar refractivity (Wildman–Crippen MR) is 63.1 cm³/mol. The first kappa shape index (κ1) is 10.9. The number of likely N-dealkylation sites (tertiary alicyclic amines) is 1. The van der Waals surface area contributed by atoms with E-state index in [0.717, 1.165) is 18.8 Å². The van der Waals surface area contributed by atoms with Crippen LogP contribution in [0.5, 0.6) is 0 Å². The summed E-state index contributed by atoms with van der Waals surface area (Å²) in [6.45, 7) is 4.45. The lowest BCUT2D eigenvalue weighted by Gasteiger charge is -2.15. The Balaban J connectivity index is 1.78. The third kappa shape index (κ3) is 2.94. The van der Waals surface area contributed by atoms with Gasteiger partial charge in [0.15, 0.2) is 0 Å². The molecule has 0 aromatic carbocycles. The summed E-state index contributed by atoms with van der Waals surface area (Å²) in [5, 5.41) is 12.0. The van der Waals surface area contributed by atoms with Crippen molar-refractivity contribution < 1.29 is 0 Å². The molecule has 4 heteroatoms. The van der Waals surface area contributed by atoms with Gasteiger partial charge in [-0.2, -0.15) is 5.26 Å². The van der Waals surface area contributed by atoms with Crippen LogP contribution >= 0.6 is 0 Å². The summed E-state index contributed by atoms with van der Waals surface area (Å²) in [4.78, 5) is 6.39. The molecule has 0 amide bonds. The second-order valence-electron chi connectivity index (χ2n) is 4.02. The second-order valence-corrected chi connectivity index (χ2v) is 4.02. The smallest absolute Gasteiger partial charge is 0.142 e. The Morgan fingerprint density at radius 3 is 3.00 bits per heavy atom. The molecule has 1 aromatic heterocycles. The Morgan fingerprint density at radius 1 is 1.44 bits per heavy atom. The van der Waals surface area contributed by atoms with Gasteiger partial charge >= 0.3 is 0 Å². The molecule has 1 aromatic rings. The van der Waals surface area contributed by atoms with E-state index in [1.807, 2.05) is 12.1 Å². The number of hydrogen-bond acceptors (Lipinski definition) is 4. The standard InChI is InChI=1S/C12H16N4/c13-10-12-9-11(3-4-14-12)15-5-8-16-6-1-2-7-16/h3-4,9H,1-2,5-8H2,(H,14,15). The quantitative estimate of drug-likeness (QED) is 0.828. The number of pyridine rings is 1. The predicted octanol–water partition coefficient (Wildman–Crippen LogP) is 1.46. The zero-order valence-corrected chi connectivity index (χ0v) is 9.32. The van der Waals surface area contributed by atoms with Crippen molar-refractivity contribution in [3.05, 3.63) is 24.0 Å². The average molecular weight is 216 g/mol. The van der Waals surface area contributed by atoms with Crippen LogP contribution in [0.3, 0.4) is 0 Å². The van der Waals surface area contributed by atoms with Gasteiger partial charge in [0, 0.05) is 25.0 Å². The zero-order valence-electron chi connectivity index (χ0n) is 9.32. The Labute approximate surface area is 95.9 Å². The van der Waals surface area contributed by atoms with Crippen molar-refractivity contribution in [2.75, 3.05) is 31.5 Å². The highest BCUT2D eigenvalue weighted by molar-refractivity contribution is 5.45. The van der Waals surface area contributed by atoms with E-state index in [0.29, 0.717) is 5.69 Å². The molecule has 2 rings (SSSR count). The average Bonchev–Trinajstić information content (AvgIpc) is 2.82. The fourth-order valence-electron chi connectivity index (χ4n) is 1.97. The van der Waals surface area contributed by atoms with E-state index in [2.05, 4.69) is 15.2 Å². The molecule has 0 unspecified atom stereocenters.